The fourth-order valence-electron chi connectivity index (χ4n) is 1.19. The number of rotatable bonds is 0. The molecule has 0 bridgehead atoms. The van der Waals surface area contributed by atoms with Crippen LogP contribution in [0.1, 0.15) is 19.3 Å². The van der Waals surface area contributed by atoms with Gasteiger partial charge in [-0.05, 0) is 19.3 Å². The van der Waals surface area contributed by atoms with Crippen LogP contribution in [0.2, 0.25) is 0 Å². The topological polar surface area (TPSA) is 92.5 Å². The maximum atomic E-state index is 9.23. The Hall–Kier alpha value is -0.160. The summed E-state index contributed by atoms with van der Waals surface area (Å²) in [5.74, 6) is 0. The number of nitrogens with two attached hydrogens (primary N) is 2. The molecule has 10 heavy (non-hydrogen) atoms. The molecule has 4 heteroatoms. The van der Waals surface area contributed by atoms with E-state index in [4.69, 9.17) is 16.6 Å². The van der Waals surface area contributed by atoms with Gasteiger partial charge in [0.25, 0.3) is 0 Å². The zero-order valence-corrected chi connectivity index (χ0v) is 5.83. The largest absolute Gasteiger partial charge is 0.389 e. The molecule has 1 unspecified atom stereocenters. The van der Waals surface area contributed by atoms with Gasteiger partial charge in [0.2, 0.25) is 0 Å². The van der Waals surface area contributed by atoms with Crippen molar-refractivity contribution in [2.45, 2.75) is 37.1 Å². The normalized spacial score (nSPS) is 49.2. The molecule has 0 spiro atoms. The van der Waals surface area contributed by atoms with E-state index in [-0.39, 0.29) is 6.04 Å². The van der Waals surface area contributed by atoms with Gasteiger partial charge in [-0.1, -0.05) is 0 Å². The summed E-state index contributed by atoms with van der Waals surface area (Å²) in [6.45, 7) is 0. The standard InChI is InChI=1S/C6H14N2O2/c7-4-1-2-6(8,10)5(9)3-4/h4-5,9-10H,1-3,7-8H2/t4?,5-,6+/m1/s1. The lowest BCUT2D eigenvalue weighted by atomic mass is 9.87. The highest BCUT2D eigenvalue weighted by Crippen LogP contribution is 2.22. The number of aliphatic hydroxyl groups is 2. The van der Waals surface area contributed by atoms with E-state index in [1.165, 1.54) is 0 Å². The zero-order chi connectivity index (χ0) is 7.78. The Morgan fingerprint density at radius 1 is 1.50 bits per heavy atom. The molecule has 0 aromatic carbocycles. The summed E-state index contributed by atoms with van der Waals surface area (Å²) in [5, 5.41) is 18.4. The van der Waals surface area contributed by atoms with Crippen molar-refractivity contribution in [1.29, 1.82) is 0 Å². The molecule has 1 fully saturated rings. The molecular formula is C6H14N2O2. The minimum Gasteiger partial charge on any atom is -0.389 e. The van der Waals surface area contributed by atoms with E-state index < -0.39 is 11.8 Å². The minimum absolute atomic E-state index is 0.0150. The second-order valence-corrected chi connectivity index (χ2v) is 3.04. The quantitative estimate of drug-likeness (QED) is 0.313. The van der Waals surface area contributed by atoms with Gasteiger partial charge in [0, 0.05) is 6.04 Å². The van der Waals surface area contributed by atoms with E-state index in [2.05, 4.69) is 0 Å². The van der Waals surface area contributed by atoms with E-state index in [1.807, 2.05) is 0 Å². The van der Waals surface area contributed by atoms with Crippen molar-refractivity contribution >= 4 is 0 Å². The highest BCUT2D eigenvalue weighted by Gasteiger charge is 2.36. The molecule has 0 aliphatic heterocycles. The zero-order valence-electron chi connectivity index (χ0n) is 5.83. The maximum absolute atomic E-state index is 9.23. The Labute approximate surface area is 59.8 Å². The van der Waals surface area contributed by atoms with Crippen LogP contribution in [-0.2, 0) is 0 Å². The van der Waals surface area contributed by atoms with Crippen LogP contribution in [-0.4, -0.2) is 28.1 Å². The van der Waals surface area contributed by atoms with Crippen LogP contribution in [0.15, 0.2) is 0 Å². The Morgan fingerprint density at radius 3 is 2.50 bits per heavy atom. The van der Waals surface area contributed by atoms with E-state index in [9.17, 15) is 5.11 Å². The molecule has 0 radical (unpaired) electrons. The molecule has 1 aliphatic carbocycles. The van der Waals surface area contributed by atoms with Gasteiger partial charge in [0.15, 0.2) is 0 Å². The molecule has 60 valence electrons. The average molecular weight is 146 g/mol. The molecule has 0 amide bonds. The van der Waals surface area contributed by atoms with E-state index >= 15 is 0 Å². The van der Waals surface area contributed by atoms with E-state index in [1.54, 1.807) is 0 Å². The highest BCUT2D eigenvalue weighted by atomic mass is 16.4. The lowest BCUT2D eigenvalue weighted by Gasteiger charge is -2.35. The van der Waals surface area contributed by atoms with Crippen LogP contribution in [0.5, 0.6) is 0 Å². The van der Waals surface area contributed by atoms with Crippen molar-refractivity contribution < 1.29 is 10.2 Å². The summed E-state index contributed by atoms with van der Waals surface area (Å²) in [6, 6.07) is -0.0150. The monoisotopic (exact) mass is 146 g/mol. The van der Waals surface area contributed by atoms with Crippen LogP contribution in [0.3, 0.4) is 0 Å². The first-order chi connectivity index (χ1) is 4.52. The first-order valence-electron chi connectivity index (χ1n) is 3.47. The first-order valence-corrected chi connectivity index (χ1v) is 3.47. The smallest absolute Gasteiger partial charge is 0.139 e. The Morgan fingerprint density at radius 2 is 2.10 bits per heavy atom. The van der Waals surface area contributed by atoms with Crippen LogP contribution < -0.4 is 11.5 Å². The maximum Gasteiger partial charge on any atom is 0.139 e. The number of hydrogen-bond donors (Lipinski definition) is 4. The van der Waals surface area contributed by atoms with Crippen LogP contribution in [0.25, 0.3) is 0 Å². The Bertz CT molecular complexity index is 127. The molecule has 0 saturated heterocycles. The van der Waals surface area contributed by atoms with Gasteiger partial charge in [-0.3, -0.25) is 0 Å². The molecule has 0 heterocycles. The van der Waals surface area contributed by atoms with Gasteiger partial charge in [-0.25, -0.2) is 0 Å². The van der Waals surface area contributed by atoms with Crippen LogP contribution in [0.4, 0.5) is 0 Å². The van der Waals surface area contributed by atoms with Gasteiger partial charge < -0.3 is 21.7 Å². The van der Waals surface area contributed by atoms with E-state index in [0.717, 1.165) is 0 Å². The molecule has 6 N–H and O–H groups in total. The predicted octanol–water partition coefficient (Wildman–Crippen LogP) is -1.49. The fraction of sp³-hybridized carbons (Fsp3) is 1.00. The summed E-state index contributed by atoms with van der Waals surface area (Å²) in [7, 11) is 0. The van der Waals surface area contributed by atoms with Crippen molar-refractivity contribution in [2.24, 2.45) is 11.5 Å². The molecular weight excluding hydrogens is 132 g/mol. The van der Waals surface area contributed by atoms with Crippen molar-refractivity contribution in [2.75, 3.05) is 0 Å². The van der Waals surface area contributed by atoms with E-state index in [0.29, 0.717) is 19.3 Å². The number of aliphatic hydroxyl groups excluding tert-OH is 1. The molecule has 0 aromatic rings. The Balaban J connectivity index is 2.52. The second-order valence-electron chi connectivity index (χ2n) is 3.04. The van der Waals surface area contributed by atoms with Gasteiger partial charge in [-0.15, -0.1) is 0 Å². The second kappa shape index (κ2) is 2.47. The third kappa shape index (κ3) is 1.46. The van der Waals surface area contributed by atoms with Crippen LogP contribution >= 0.6 is 0 Å². The summed E-state index contributed by atoms with van der Waals surface area (Å²) >= 11 is 0. The lowest BCUT2D eigenvalue weighted by Crippen LogP contribution is -2.56. The van der Waals surface area contributed by atoms with Crippen molar-refractivity contribution in [3.63, 3.8) is 0 Å². The van der Waals surface area contributed by atoms with Crippen molar-refractivity contribution in [1.82, 2.24) is 0 Å². The van der Waals surface area contributed by atoms with Crippen molar-refractivity contribution in [3.05, 3.63) is 0 Å². The third-order valence-electron chi connectivity index (χ3n) is 2.02. The minimum atomic E-state index is -1.41. The SMILES string of the molecule is NC1CC[C@](N)(O)[C@H](O)C1. The lowest BCUT2D eigenvalue weighted by molar-refractivity contribution is -0.0990. The predicted molar refractivity (Wildman–Crippen MR) is 37.0 cm³/mol. The van der Waals surface area contributed by atoms with Crippen molar-refractivity contribution in [3.8, 4) is 0 Å². The molecule has 1 aliphatic rings. The third-order valence-corrected chi connectivity index (χ3v) is 2.02. The van der Waals surface area contributed by atoms with Gasteiger partial charge >= 0.3 is 0 Å². The number of hydrogen-bond acceptors (Lipinski definition) is 4. The molecule has 3 atom stereocenters. The Kier molecular flexibility index (Phi) is 1.96. The van der Waals surface area contributed by atoms with Gasteiger partial charge in [-0.2, -0.15) is 0 Å². The molecule has 1 saturated carbocycles. The highest BCUT2D eigenvalue weighted by molar-refractivity contribution is 4.89. The molecule has 0 aromatic heterocycles. The molecule has 4 nitrogen and oxygen atoms in total. The summed E-state index contributed by atoms with van der Waals surface area (Å²) in [6.07, 6.45) is 0.600. The summed E-state index contributed by atoms with van der Waals surface area (Å²) in [5.41, 5.74) is 9.45. The van der Waals surface area contributed by atoms with Gasteiger partial charge in [0.1, 0.15) is 5.72 Å². The summed E-state index contributed by atoms with van der Waals surface area (Å²) < 4.78 is 0. The first kappa shape index (κ1) is 7.94. The molecule has 1 rings (SSSR count). The van der Waals surface area contributed by atoms with Crippen LogP contribution in [0, 0.1) is 0 Å². The fourth-order valence-corrected chi connectivity index (χ4v) is 1.19. The summed E-state index contributed by atoms with van der Waals surface area (Å²) in [4.78, 5) is 0. The average Bonchev–Trinajstić information content (AvgIpc) is 1.81. The van der Waals surface area contributed by atoms with Gasteiger partial charge in [0.05, 0.1) is 6.10 Å².